The third-order valence-corrected chi connectivity index (χ3v) is 5.49. The van der Waals surface area contributed by atoms with Crippen molar-refractivity contribution in [3.8, 4) is 11.5 Å². The van der Waals surface area contributed by atoms with Gasteiger partial charge in [-0.1, -0.05) is 32.0 Å². The topological polar surface area (TPSA) is 79.9 Å². The van der Waals surface area contributed by atoms with Gasteiger partial charge in [0.25, 0.3) is 11.8 Å². The Morgan fingerprint density at radius 2 is 1.26 bits per heavy atom. The average Bonchev–Trinajstić information content (AvgIpc) is 2.90. The monoisotopic (exact) mass is 475 g/mol. The number of nitrogens with zero attached hydrogens (tertiary/aromatic N) is 1. The molecule has 0 aliphatic carbocycles. The van der Waals surface area contributed by atoms with Crippen LogP contribution in [-0.2, 0) is 0 Å². The first-order valence-electron chi connectivity index (χ1n) is 11.9. The molecule has 3 aromatic carbocycles. The van der Waals surface area contributed by atoms with Gasteiger partial charge in [-0.25, -0.2) is 0 Å². The maximum Gasteiger partial charge on any atom is 0.255 e. The van der Waals surface area contributed by atoms with Gasteiger partial charge in [-0.2, -0.15) is 0 Å². The Kier molecular flexibility index (Phi) is 10.1. The number of benzene rings is 3. The summed E-state index contributed by atoms with van der Waals surface area (Å²) in [7, 11) is 0. The SMILES string of the molecule is CCN(CC)CCNC(=O)c1ccc(NC(=O)c2ccc(OCCOc3ccccc3)cc2)cc1. The maximum atomic E-state index is 12.6. The fourth-order valence-electron chi connectivity index (χ4n) is 3.42. The smallest absolute Gasteiger partial charge is 0.255 e. The van der Waals surface area contributed by atoms with E-state index < -0.39 is 0 Å². The third-order valence-electron chi connectivity index (χ3n) is 5.49. The summed E-state index contributed by atoms with van der Waals surface area (Å²) in [6, 6.07) is 23.3. The van der Waals surface area contributed by atoms with E-state index in [2.05, 4.69) is 29.4 Å². The molecule has 0 radical (unpaired) electrons. The Morgan fingerprint density at radius 1 is 0.714 bits per heavy atom. The van der Waals surface area contributed by atoms with Crippen LogP contribution in [0.3, 0.4) is 0 Å². The molecule has 0 saturated carbocycles. The zero-order valence-electron chi connectivity index (χ0n) is 20.3. The lowest BCUT2D eigenvalue weighted by molar-refractivity contribution is 0.0948. The summed E-state index contributed by atoms with van der Waals surface area (Å²) in [5, 5.41) is 5.78. The second kappa shape index (κ2) is 13.8. The van der Waals surface area contributed by atoms with Gasteiger partial charge in [-0.05, 0) is 73.8 Å². The number of anilines is 1. The highest BCUT2D eigenvalue weighted by atomic mass is 16.5. The van der Waals surface area contributed by atoms with Crippen LogP contribution in [0.25, 0.3) is 0 Å². The molecule has 0 unspecified atom stereocenters. The third kappa shape index (κ3) is 8.46. The number of carbonyl (C=O) groups excluding carboxylic acids is 2. The van der Waals surface area contributed by atoms with Crippen LogP contribution >= 0.6 is 0 Å². The molecular formula is C28H33N3O4. The van der Waals surface area contributed by atoms with Crippen molar-refractivity contribution in [3.63, 3.8) is 0 Å². The predicted octanol–water partition coefficient (Wildman–Crippen LogP) is 4.47. The van der Waals surface area contributed by atoms with E-state index in [4.69, 9.17) is 9.47 Å². The normalized spacial score (nSPS) is 10.6. The molecular weight excluding hydrogens is 442 g/mol. The minimum atomic E-state index is -0.236. The van der Waals surface area contributed by atoms with Gasteiger partial charge in [0.2, 0.25) is 0 Å². The van der Waals surface area contributed by atoms with Gasteiger partial charge in [0.05, 0.1) is 0 Å². The number of hydrogen-bond acceptors (Lipinski definition) is 5. The Morgan fingerprint density at radius 3 is 1.86 bits per heavy atom. The largest absolute Gasteiger partial charge is 0.490 e. The zero-order valence-corrected chi connectivity index (χ0v) is 20.3. The van der Waals surface area contributed by atoms with Crippen LogP contribution in [-0.4, -0.2) is 56.1 Å². The van der Waals surface area contributed by atoms with E-state index in [9.17, 15) is 9.59 Å². The molecule has 35 heavy (non-hydrogen) atoms. The summed E-state index contributed by atoms with van der Waals surface area (Å²) >= 11 is 0. The molecule has 0 atom stereocenters. The van der Waals surface area contributed by atoms with Gasteiger partial charge in [0.1, 0.15) is 24.7 Å². The molecule has 0 saturated heterocycles. The molecule has 2 amide bonds. The highest BCUT2D eigenvalue weighted by Crippen LogP contribution is 2.15. The Hall–Kier alpha value is -3.84. The highest BCUT2D eigenvalue weighted by molar-refractivity contribution is 6.04. The molecule has 0 aliphatic rings. The maximum absolute atomic E-state index is 12.6. The number of likely N-dealkylation sites (N-methyl/N-ethyl adjacent to an activating group) is 1. The summed E-state index contributed by atoms with van der Waals surface area (Å²) in [4.78, 5) is 27.1. The molecule has 3 rings (SSSR count). The number of amides is 2. The molecule has 7 heteroatoms. The molecule has 0 fully saturated rings. The summed E-state index contributed by atoms with van der Waals surface area (Å²) in [6.45, 7) is 8.36. The molecule has 3 aromatic rings. The standard InChI is InChI=1S/C28H33N3O4/c1-3-31(4-2)19-18-29-27(32)22-10-14-24(15-11-22)30-28(33)23-12-16-26(17-13-23)35-21-20-34-25-8-6-5-7-9-25/h5-17H,3-4,18-21H2,1-2H3,(H,29,32)(H,30,33). The van der Waals surface area contributed by atoms with Crippen molar-refractivity contribution in [2.75, 3.05) is 44.7 Å². The van der Waals surface area contributed by atoms with Gasteiger partial charge in [0, 0.05) is 29.9 Å². The van der Waals surface area contributed by atoms with Gasteiger partial charge in [-0.15, -0.1) is 0 Å². The predicted molar refractivity (Wildman–Crippen MR) is 138 cm³/mol. The van der Waals surface area contributed by atoms with Crippen LogP contribution in [0.4, 0.5) is 5.69 Å². The first-order valence-corrected chi connectivity index (χ1v) is 11.9. The first-order chi connectivity index (χ1) is 17.1. The van der Waals surface area contributed by atoms with E-state index in [1.165, 1.54) is 0 Å². The van der Waals surface area contributed by atoms with E-state index in [1.54, 1.807) is 48.5 Å². The van der Waals surface area contributed by atoms with Crippen LogP contribution in [0.2, 0.25) is 0 Å². The number of rotatable bonds is 13. The molecule has 2 N–H and O–H groups in total. The number of para-hydroxylation sites is 1. The number of hydrogen-bond donors (Lipinski definition) is 2. The zero-order chi connectivity index (χ0) is 24.9. The Bertz CT molecular complexity index is 1050. The molecule has 184 valence electrons. The van der Waals surface area contributed by atoms with Crippen molar-refractivity contribution in [1.29, 1.82) is 0 Å². The van der Waals surface area contributed by atoms with Crippen molar-refractivity contribution in [3.05, 3.63) is 90.0 Å². The van der Waals surface area contributed by atoms with E-state index >= 15 is 0 Å². The van der Waals surface area contributed by atoms with Gasteiger partial charge in [0.15, 0.2) is 0 Å². The Balaban J connectivity index is 1.42. The molecule has 7 nitrogen and oxygen atoms in total. The molecule has 0 bridgehead atoms. The van der Waals surface area contributed by atoms with Crippen molar-refractivity contribution < 1.29 is 19.1 Å². The second-order valence-corrected chi connectivity index (χ2v) is 7.85. The summed E-state index contributed by atoms with van der Waals surface area (Å²) < 4.78 is 11.3. The van der Waals surface area contributed by atoms with Crippen molar-refractivity contribution in [1.82, 2.24) is 10.2 Å². The van der Waals surface area contributed by atoms with E-state index in [1.807, 2.05) is 30.3 Å². The number of nitrogens with one attached hydrogen (secondary N) is 2. The minimum absolute atomic E-state index is 0.125. The molecule has 0 spiro atoms. The second-order valence-electron chi connectivity index (χ2n) is 7.85. The lowest BCUT2D eigenvalue weighted by Gasteiger charge is -2.18. The summed E-state index contributed by atoms with van der Waals surface area (Å²) in [5.41, 5.74) is 1.68. The quantitative estimate of drug-likeness (QED) is 0.357. The van der Waals surface area contributed by atoms with Crippen molar-refractivity contribution in [2.45, 2.75) is 13.8 Å². The Labute approximate surface area is 207 Å². The van der Waals surface area contributed by atoms with Gasteiger partial charge in [-0.3, -0.25) is 9.59 Å². The van der Waals surface area contributed by atoms with Crippen molar-refractivity contribution >= 4 is 17.5 Å². The minimum Gasteiger partial charge on any atom is -0.490 e. The van der Waals surface area contributed by atoms with Gasteiger partial charge < -0.3 is 25.0 Å². The van der Waals surface area contributed by atoms with Crippen LogP contribution in [0, 0.1) is 0 Å². The van der Waals surface area contributed by atoms with E-state index in [0.29, 0.717) is 42.3 Å². The van der Waals surface area contributed by atoms with Crippen molar-refractivity contribution in [2.24, 2.45) is 0 Å². The van der Waals surface area contributed by atoms with Crippen LogP contribution in [0.15, 0.2) is 78.9 Å². The summed E-state index contributed by atoms with van der Waals surface area (Å²) in [6.07, 6.45) is 0. The fraction of sp³-hybridized carbons (Fsp3) is 0.286. The van der Waals surface area contributed by atoms with E-state index in [-0.39, 0.29) is 11.8 Å². The van der Waals surface area contributed by atoms with Crippen LogP contribution in [0.5, 0.6) is 11.5 Å². The lowest BCUT2D eigenvalue weighted by atomic mass is 10.1. The van der Waals surface area contributed by atoms with Crippen LogP contribution in [0.1, 0.15) is 34.6 Å². The number of carbonyl (C=O) groups is 2. The average molecular weight is 476 g/mol. The molecule has 0 aromatic heterocycles. The summed E-state index contributed by atoms with van der Waals surface area (Å²) in [5.74, 6) is 1.10. The highest BCUT2D eigenvalue weighted by Gasteiger charge is 2.09. The molecule has 0 aliphatic heterocycles. The van der Waals surface area contributed by atoms with Crippen LogP contribution < -0.4 is 20.1 Å². The first kappa shape index (κ1) is 25.8. The van der Waals surface area contributed by atoms with Gasteiger partial charge >= 0.3 is 0 Å². The number of ether oxygens (including phenoxy) is 2. The lowest BCUT2D eigenvalue weighted by Crippen LogP contribution is -2.34. The van der Waals surface area contributed by atoms with E-state index in [0.717, 1.165) is 25.4 Å². The fourth-order valence-corrected chi connectivity index (χ4v) is 3.42. The molecule has 0 heterocycles.